The molecule has 0 aliphatic rings. The third-order valence-electron chi connectivity index (χ3n) is 2.09. The molecule has 0 N–H and O–H groups in total. The molecule has 0 bridgehead atoms. The van der Waals surface area contributed by atoms with E-state index in [0.717, 1.165) is 0 Å². The summed E-state index contributed by atoms with van der Waals surface area (Å²) in [6.07, 6.45) is 2.26. The molecule has 2 nitrogen and oxygen atoms in total. The molecule has 2 heteroatoms. The average Bonchev–Trinajstić information content (AvgIpc) is 1.98. The van der Waals surface area contributed by atoms with Crippen LogP contribution in [0.2, 0.25) is 0 Å². The van der Waals surface area contributed by atoms with E-state index >= 15 is 0 Å². The Morgan fingerprint density at radius 3 is 2.38 bits per heavy atom. The Balaban J connectivity index is 4.14. The van der Waals surface area contributed by atoms with Crippen LogP contribution in [0.5, 0.6) is 0 Å². The van der Waals surface area contributed by atoms with E-state index in [1.807, 2.05) is 13.0 Å². The van der Waals surface area contributed by atoms with Gasteiger partial charge in [0.15, 0.2) is 0 Å². The number of hydrogen-bond donors (Lipinski definition) is 0. The number of carbonyl (C=O) groups is 1. The Labute approximate surface area is 81.0 Å². The summed E-state index contributed by atoms with van der Waals surface area (Å²) in [5.41, 5.74) is 0.0779. The first-order valence-electron chi connectivity index (χ1n) is 4.70. The number of allylic oxidation sites excluding steroid dienone is 1. The minimum atomic E-state index is -0.137. The minimum Gasteiger partial charge on any atom is -0.466 e. The third kappa shape index (κ3) is 4.71. The number of carbonyl (C=O) groups excluding carboxylic acids is 1. The first kappa shape index (κ1) is 12.2. The average molecular weight is 184 g/mol. The Kier molecular flexibility index (Phi) is 4.74. The van der Waals surface area contributed by atoms with Crippen LogP contribution in [0.1, 0.15) is 34.1 Å². The smallest absolute Gasteiger partial charge is 0.306 e. The molecule has 0 spiro atoms. The van der Waals surface area contributed by atoms with E-state index in [0.29, 0.717) is 13.0 Å². The topological polar surface area (TPSA) is 26.3 Å². The second-order valence-electron chi connectivity index (χ2n) is 4.22. The molecule has 76 valence electrons. The van der Waals surface area contributed by atoms with Gasteiger partial charge in [-0.1, -0.05) is 26.8 Å². The van der Waals surface area contributed by atoms with Crippen LogP contribution in [0.3, 0.4) is 0 Å². The zero-order valence-corrected chi connectivity index (χ0v) is 9.09. The van der Waals surface area contributed by atoms with Gasteiger partial charge in [0.2, 0.25) is 0 Å². The standard InChI is InChI=1S/C11H20O2/c1-6-9(11(3,4)5)8-10(12)13-7-2/h6,9H,1,7-8H2,2-5H3. The molecule has 0 heterocycles. The van der Waals surface area contributed by atoms with Crippen molar-refractivity contribution in [3.05, 3.63) is 12.7 Å². The van der Waals surface area contributed by atoms with E-state index < -0.39 is 0 Å². The summed E-state index contributed by atoms with van der Waals surface area (Å²) in [6.45, 7) is 12.3. The van der Waals surface area contributed by atoms with Gasteiger partial charge in [-0.05, 0) is 18.3 Å². The quantitative estimate of drug-likeness (QED) is 0.496. The van der Waals surface area contributed by atoms with E-state index in [9.17, 15) is 4.79 Å². The van der Waals surface area contributed by atoms with Crippen molar-refractivity contribution in [1.82, 2.24) is 0 Å². The highest BCUT2D eigenvalue weighted by atomic mass is 16.5. The summed E-state index contributed by atoms with van der Waals surface area (Å²) < 4.78 is 4.88. The van der Waals surface area contributed by atoms with Crippen LogP contribution >= 0.6 is 0 Å². The van der Waals surface area contributed by atoms with Crippen molar-refractivity contribution in [2.75, 3.05) is 6.61 Å². The summed E-state index contributed by atoms with van der Waals surface area (Å²) in [5.74, 6) is 0.0499. The lowest BCUT2D eigenvalue weighted by molar-refractivity contribution is -0.144. The fourth-order valence-corrected chi connectivity index (χ4v) is 1.14. The van der Waals surface area contributed by atoms with Crippen molar-refractivity contribution >= 4 is 5.97 Å². The van der Waals surface area contributed by atoms with Gasteiger partial charge in [0.25, 0.3) is 0 Å². The zero-order chi connectivity index (χ0) is 10.5. The monoisotopic (exact) mass is 184 g/mol. The molecular weight excluding hydrogens is 164 g/mol. The van der Waals surface area contributed by atoms with Crippen LogP contribution in [0.15, 0.2) is 12.7 Å². The van der Waals surface area contributed by atoms with Crippen LogP contribution < -0.4 is 0 Å². The number of hydrogen-bond acceptors (Lipinski definition) is 2. The molecule has 0 radical (unpaired) electrons. The molecule has 0 fully saturated rings. The Bertz CT molecular complexity index is 177. The molecule has 0 aliphatic heterocycles. The van der Waals surface area contributed by atoms with Gasteiger partial charge in [0.1, 0.15) is 0 Å². The van der Waals surface area contributed by atoms with Crippen LogP contribution in [0.25, 0.3) is 0 Å². The summed E-state index contributed by atoms with van der Waals surface area (Å²) in [5, 5.41) is 0. The normalized spacial score (nSPS) is 13.5. The van der Waals surface area contributed by atoms with Crippen molar-refractivity contribution < 1.29 is 9.53 Å². The van der Waals surface area contributed by atoms with Gasteiger partial charge in [0, 0.05) is 0 Å². The Morgan fingerprint density at radius 1 is 1.54 bits per heavy atom. The van der Waals surface area contributed by atoms with Gasteiger partial charge in [-0.2, -0.15) is 0 Å². The zero-order valence-electron chi connectivity index (χ0n) is 9.09. The highest BCUT2D eigenvalue weighted by Crippen LogP contribution is 2.29. The first-order chi connectivity index (χ1) is 5.91. The fraction of sp³-hybridized carbons (Fsp3) is 0.727. The fourth-order valence-electron chi connectivity index (χ4n) is 1.14. The van der Waals surface area contributed by atoms with Gasteiger partial charge >= 0.3 is 5.97 Å². The van der Waals surface area contributed by atoms with Crippen molar-refractivity contribution in [3.8, 4) is 0 Å². The van der Waals surface area contributed by atoms with Gasteiger partial charge in [0.05, 0.1) is 13.0 Å². The molecule has 0 aromatic heterocycles. The first-order valence-corrected chi connectivity index (χ1v) is 4.70. The molecular formula is C11H20O2. The predicted molar refractivity (Wildman–Crippen MR) is 54.4 cm³/mol. The largest absolute Gasteiger partial charge is 0.466 e. The maximum Gasteiger partial charge on any atom is 0.306 e. The van der Waals surface area contributed by atoms with E-state index in [-0.39, 0.29) is 17.3 Å². The van der Waals surface area contributed by atoms with Crippen molar-refractivity contribution in [3.63, 3.8) is 0 Å². The SMILES string of the molecule is C=CC(CC(=O)OCC)C(C)(C)C. The summed E-state index contributed by atoms with van der Waals surface area (Å²) >= 11 is 0. The molecule has 0 aromatic carbocycles. The second-order valence-corrected chi connectivity index (χ2v) is 4.22. The predicted octanol–water partition coefficient (Wildman–Crippen LogP) is 2.79. The third-order valence-corrected chi connectivity index (χ3v) is 2.09. The lowest BCUT2D eigenvalue weighted by Gasteiger charge is -2.26. The molecule has 0 saturated heterocycles. The van der Waals surface area contributed by atoms with E-state index in [1.165, 1.54) is 0 Å². The molecule has 0 amide bonds. The summed E-state index contributed by atoms with van der Waals surface area (Å²) in [6, 6.07) is 0. The molecule has 0 aliphatic carbocycles. The summed E-state index contributed by atoms with van der Waals surface area (Å²) in [7, 11) is 0. The molecule has 1 unspecified atom stereocenters. The van der Waals surface area contributed by atoms with Gasteiger partial charge in [-0.25, -0.2) is 0 Å². The van der Waals surface area contributed by atoms with Crippen LogP contribution in [-0.2, 0) is 9.53 Å². The highest BCUT2D eigenvalue weighted by molar-refractivity contribution is 5.70. The maximum atomic E-state index is 11.2. The molecule has 0 aromatic rings. The number of ether oxygens (including phenoxy) is 1. The van der Waals surface area contributed by atoms with Crippen molar-refractivity contribution in [2.45, 2.75) is 34.1 Å². The van der Waals surface area contributed by atoms with Gasteiger partial charge in [-0.15, -0.1) is 6.58 Å². The Morgan fingerprint density at radius 2 is 2.08 bits per heavy atom. The van der Waals surface area contributed by atoms with E-state index in [2.05, 4.69) is 27.4 Å². The van der Waals surface area contributed by atoms with E-state index in [4.69, 9.17) is 4.74 Å². The Hall–Kier alpha value is -0.790. The van der Waals surface area contributed by atoms with Crippen LogP contribution in [-0.4, -0.2) is 12.6 Å². The van der Waals surface area contributed by atoms with Crippen LogP contribution in [0, 0.1) is 11.3 Å². The second kappa shape index (κ2) is 5.05. The van der Waals surface area contributed by atoms with Crippen molar-refractivity contribution in [2.24, 2.45) is 11.3 Å². The number of rotatable bonds is 4. The highest BCUT2D eigenvalue weighted by Gasteiger charge is 2.24. The van der Waals surface area contributed by atoms with Crippen LogP contribution in [0.4, 0.5) is 0 Å². The summed E-state index contributed by atoms with van der Waals surface area (Å²) in [4.78, 5) is 11.2. The number of esters is 1. The lowest BCUT2D eigenvalue weighted by atomic mass is 9.79. The van der Waals surface area contributed by atoms with Gasteiger partial charge in [-0.3, -0.25) is 4.79 Å². The minimum absolute atomic E-state index is 0.0779. The molecule has 0 rings (SSSR count). The van der Waals surface area contributed by atoms with E-state index in [1.54, 1.807) is 0 Å². The van der Waals surface area contributed by atoms with Gasteiger partial charge < -0.3 is 4.74 Å². The maximum absolute atomic E-state index is 11.2. The lowest BCUT2D eigenvalue weighted by Crippen LogP contribution is -2.22. The van der Waals surface area contributed by atoms with Crippen molar-refractivity contribution in [1.29, 1.82) is 0 Å². The molecule has 1 atom stereocenters. The molecule has 13 heavy (non-hydrogen) atoms. The molecule has 0 saturated carbocycles.